The third-order valence-electron chi connectivity index (χ3n) is 7.35. The van der Waals surface area contributed by atoms with Gasteiger partial charge < -0.3 is 29.5 Å². The zero-order valence-corrected chi connectivity index (χ0v) is 21.1. The smallest absolute Gasteiger partial charge is 0.407 e. The van der Waals surface area contributed by atoms with Gasteiger partial charge >= 0.3 is 12.1 Å². The highest BCUT2D eigenvalue weighted by molar-refractivity contribution is 6.01. The number of hydrogen-bond acceptors (Lipinski definition) is 6. The Bertz CT molecular complexity index is 1390. The molecular weight excluding hydrogens is 488 g/mol. The molecule has 0 aliphatic carbocycles. The molecule has 0 bridgehead atoms. The molecule has 2 aliphatic heterocycles. The lowest BCUT2D eigenvalue weighted by molar-refractivity contribution is -0.143. The molecule has 3 aromatic carbocycles. The number of benzene rings is 3. The molecule has 196 valence electrons. The zero-order chi connectivity index (χ0) is 26.9. The van der Waals surface area contributed by atoms with E-state index in [1.165, 1.54) is 14.2 Å². The van der Waals surface area contributed by atoms with E-state index in [1.807, 2.05) is 36.4 Å². The topological polar surface area (TPSA) is 114 Å². The highest BCUT2D eigenvalue weighted by atomic mass is 16.5. The third kappa shape index (κ3) is 4.09. The van der Waals surface area contributed by atoms with Crippen LogP contribution in [0.3, 0.4) is 0 Å². The van der Waals surface area contributed by atoms with Crippen LogP contribution in [0.15, 0.2) is 66.7 Å². The van der Waals surface area contributed by atoms with E-state index in [0.717, 1.165) is 11.1 Å². The average molecular weight is 517 g/mol. The molecule has 2 amide bonds. The lowest BCUT2D eigenvalue weighted by Gasteiger charge is -2.54. The van der Waals surface area contributed by atoms with Crippen LogP contribution in [-0.2, 0) is 28.1 Å². The van der Waals surface area contributed by atoms with E-state index in [0.29, 0.717) is 34.6 Å². The standard InChI is InChI=1S/C29H28N2O7/c1-36-23-14-19-12-13-31-26(32)21-11-7-6-10-20(21)25(27(33)34)29(31,22(19)15-24(23)37-2)17-30-28(35)38-16-18-8-4-3-5-9-18/h3-11,14-15,25H,12-13,16-17H2,1-2H3,(H,30,35)(H,33,34)/t25-,29+/m1/s1. The van der Waals surface area contributed by atoms with Crippen molar-refractivity contribution in [1.82, 2.24) is 10.2 Å². The first-order chi connectivity index (χ1) is 18.4. The van der Waals surface area contributed by atoms with Crippen molar-refractivity contribution in [2.24, 2.45) is 0 Å². The number of carbonyl (C=O) groups is 3. The van der Waals surface area contributed by atoms with Crippen molar-refractivity contribution >= 4 is 18.0 Å². The number of amides is 2. The van der Waals surface area contributed by atoms with Crippen LogP contribution in [0.1, 0.15) is 38.5 Å². The Kier molecular flexibility index (Phi) is 6.67. The number of ether oxygens (including phenoxy) is 3. The van der Waals surface area contributed by atoms with Crippen molar-refractivity contribution in [1.29, 1.82) is 0 Å². The molecule has 9 heteroatoms. The highest BCUT2D eigenvalue weighted by Crippen LogP contribution is 2.52. The number of carboxylic acids is 1. The number of nitrogens with zero attached hydrogens (tertiary/aromatic N) is 1. The molecule has 0 spiro atoms. The summed E-state index contributed by atoms with van der Waals surface area (Å²) >= 11 is 0. The van der Waals surface area contributed by atoms with E-state index in [4.69, 9.17) is 14.2 Å². The zero-order valence-electron chi connectivity index (χ0n) is 21.1. The summed E-state index contributed by atoms with van der Waals surface area (Å²) in [5.74, 6) is -1.67. The average Bonchev–Trinajstić information content (AvgIpc) is 2.94. The molecule has 0 saturated carbocycles. The van der Waals surface area contributed by atoms with Crippen molar-refractivity contribution in [2.45, 2.75) is 24.5 Å². The Morgan fingerprint density at radius 3 is 2.42 bits per heavy atom. The first kappa shape index (κ1) is 25.1. The van der Waals surface area contributed by atoms with Gasteiger partial charge in [-0.15, -0.1) is 0 Å². The van der Waals surface area contributed by atoms with Crippen LogP contribution in [0, 0.1) is 0 Å². The predicted molar refractivity (Wildman–Crippen MR) is 137 cm³/mol. The largest absolute Gasteiger partial charge is 0.493 e. The summed E-state index contributed by atoms with van der Waals surface area (Å²) in [7, 11) is 3.02. The van der Waals surface area contributed by atoms with Crippen LogP contribution in [0.2, 0.25) is 0 Å². The van der Waals surface area contributed by atoms with E-state index in [1.54, 1.807) is 35.2 Å². The molecule has 0 fully saturated rings. The summed E-state index contributed by atoms with van der Waals surface area (Å²) in [5, 5.41) is 13.4. The molecule has 2 heterocycles. The lowest BCUT2D eigenvalue weighted by Crippen LogP contribution is -2.65. The van der Waals surface area contributed by atoms with Crippen LogP contribution in [0.5, 0.6) is 11.5 Å². The van der Waals surface area contributed by atoms with Crippen molar-refractivity contribution in [3.8, 4) is 11.5 Å². The quantitative estimate of drug-likeness (QED) is 0.492. The summed E-state index contributed by atoms with van der Waals surface area (Å²) < 4.78 is 16.4. The van der Waals surface area contributed by atoms with Gasteiger partial charge in [-0.3, -0.25) is 9.59 Å². The second-order valence-corrected chi connectivity index (χ2v) is 9.27. The van der Waals surface area contributed by atoms with Gasteiger partial charge in [0.1, 0.15) is 18.1 Å². The molecule has 2 N–H and O–H groups in total. The number of methoxy groups -OCH3 is 2. The van der Waals surface area contributed by atoms with Crippen LogP contribution < -0.4 is 14.8 Å². The van der Waals surface area contributed by atoms with Crippen LogP contribution in [0.25, 0.3) is 0 Å². The molecule has 3 aromatic rings. The van der Waals surface area contributed by atoms with E-state index in [-0.39, 0.29) is 25.6 Å². The van der Waals surface area contributed by atoms with Crippen LogP contribution in [0.4, 0.5) is 4.79 Å². The first-order valence-corrected chi connectivity index (χ1v) is 12.2. The number of aliphatic carboxylic acids is 1. The number of nitrogens with one attached hydrogen (secondary N) is 1. The second-order valence-electron chi connectivity index (χ2n) is 9.27. The Morgan fingerprint density at radius 1 is 1.03 bits per heavy atom. The molecule has 38 heavy (non-hydrogen) atoms. The fraction of sp³-hybridized carbons (Fsp3) is 0.276. The van der Waals surface area contributed by atoms with Crippen LogP contribution >= 0.6 is 0 Å². The minimum absolute atomic E-state index is 0.0507. The van der Waals surface area contributed by atoms with Gasteiger partial charge in [0.15, 0.2) is 11.5 Å². The SMILES string of the molecule is COc1cc2c(cc1OC)[C@@]1(CNC(=O)OCc3ccccc3)[C@@H](C(=O)O)c3ccccc3C(=O)N1CC2. The Hall–Kier alpha value is -4.53. The fourth-order valence-corrected chi connectivity index (χ4v) is 5.66. The van der Waals surface area contributed by atoms with E-state index in [9.17, 15) is 19.5 Å². The van der Waals surface area contributed by atoms with Gasteiger partial charge in [-0.05, 0) is 46.9 Å². The van der Waals surface area contributed by atoms with Gasteiger partial charge in [-0.2, -0.15) is 0 Å². The summed E-state index contributed by atoms with van der Waals surface area (Å²) in [6, 6.07) is 19.5. The molecule has 9 nitrogen and oxygen atoms in total. The highest BCUT2D eigenvalue weighted by Gasteiger charge is 2.58. The maximum Gasteiger partial charge on any atom is 0.407 e. The molecule has 5 rings (SSSR count). The second kappa shape index (κ2) is 10.1. The van der Waals surface area contributed by atoms with Gasteiger partial charge in [0.2, 0.25) is 0 Å². The number of carbonyl (C=O) groups excluding carboxylic acids is 2. The Balaban J connectivity index is 1.61. The van der Waals surface area contributed by atoms with Gasteiger partial charge in [-0.1, -0.05) is 48.5 Å². The molecule has 2 atom stereocenters. The van der Waals surface area contributed by atoms with Gasteiger partial charge in [0, 0.05) is 18.7 Å². The molecule has 0 saturated heterocycles. The molecule has 0 radical (unpaired) electrons. The van der Waals surface area contributed by atoms with E-state index >= 15 is 0 Å². The van der Waals surface area contributed by atoms with Crippen molar-refractivity contribution < 1.29 is 33.7 Å². The summed E-state index contributed by atoms with van der Waals surface area (Å²) in [6.45, 7) is 0.134. The van der Waals surface area contributed by atoms with Gasteiger partial charge in [0.25, 0.3) is 5.91 Å². The lowest BCUT2D eigenvalue weighted by atomic mass is 9.65. The normalized spacial score (nSPS) is 19.5. The maximum absolute atomic E-state index is 13.8. The number of carboxylic acid groups (broad SMARTS) is 1. The number of fused-ring (bicyclic) bond motifs is 4. The van der Waals surface area contributed by atoms with Crippen LogP contribution in [-0.4, -0.2) is 55.3 Å². The van der Waals surface area contributed by atoms with Gasteiger partial charge in [0.05, 0.1) is 14.2 Å². The monoisotopic (exact) mass is 516 g/mol. The predicted octanol–water partition coefficient (Wildman–Crippen LogP) is 3.71. The number of rotatable bonds is 7. The molecule has 0 aromatic heterocycles. The molecule has 0 unspecified atom stereocenters. The van der Waals surface area contributed by atoms with E-state index < -0.39 is 23.5 Å². The Labute approximate surface area is 219 Å². The van der Waals surface area contributed by atoms with Crippen molar-refractivity contribution in [3.05, 3.63) is 94.5 Å². The third-order valence-corrected chi connectivity index (χ3v) is 7.35. The summed E-state index contributed by atoms with van der Waals surface area (Å²) in [4.78, 5) is 41.2. The number of alkyl carbamates (subject to hydrolysis) is 1. The van der Waals surface area contributed by atoms with Crippen molar-refractivity contribution in [2.75, 3.05) is 27.3 Å². The van der Waals surface area contributed by atoms with E-state index in [2.05, 4.69) is 5.32 Å². The first-order valence-electron chi connectivity index (χ1n) is 12.2. The maximum atomic E-state index is 13.8. The Morgan fingerprint density at radius 2 is 1.71 bits per heavy atom. The van der Waals surface area contributed by atoms with Crippen molar-refractivity contribution in [3.63, 3.8) is 0 Å². The summed E-state index contributed by atoms with van der Waals surface area (Å²) in [5.41, 5.74) is 1.51. The molecular formula is C29H28N2O7. The summed E-state index contributed by atoms with van der Waals surface area (Å²) in [6.07, 6.45) is -0.234. The molecule has 2 aliphatic rings. The number of hydrogen-bond donors (Lipinski definition) is 2. The minimum Gasteiger partial charge on any atom is -0.493 e. The fourth-order valence-electron chi connectivity index (χ4n) is 5.66. The van der Waals surface area contributed by atoms with Gasteiger partial charge in [-0.25, -0.2) is 4.79 Å². The minimum atomic E-state index is -1.43.